The number of ether oxygens (including phenoxy) is 2. The molecule has 7 nitrogen and oxygen atoms in total. The summed E-state index contributed by atoms with van der Waals surface area (Å²) in [6.45, 7) is 4.96. The molecular formula is C17H19BrN4O3. The highest BCUT2D eigenvalue weighted by molar-refractivity contribution is 9.10. The van der Waals surface area contributed by atoms with Crippen molar-refractivity contribution in [1.29, 1.82) is 0 Å². The average molecular weight is 407 g/mol. The molecule has 0 fully saturated rings. The minimum atomic E-state index is -0.477. The van der Waals surface area contributed by atoms with Gasteiger partial charge in [-0.05, 0) is 59.6 Å². The largest absolute Gasteiger partial charge is 0.490 e. The second-order valence-electron chi connectivity index (χ2n) is 5.20. The molecule has 0 aliphatic heterocycles. The number of nitrogens with two attached hydrogens (primary N) is 1. The van der Waals surface area contributed by atoms with Crippen LogP contribution in [0.25, 0.3) is 11.6 Å². The Balaban J connectivity index is 1.86. The zero-order valence-electron chi connectivity index (χ0n) is 14.0. The lowest BCUT2D eigenvalue weighted by atomic mass is 10.1. The molecule has 0 aliphatic rings. The summed E-state index contributed by atoms with van der Waals surface area (Å²) in [5, 5.41) is 7.03. The summed E-state index contributed by atoms with van der Waals surface area (Å²) in [7, 11) is 0. The molecule has 132 valence electrons. The van der Waals surface area contributed by atoms with Crippen LogP contribution in [0.4, 0.5) is 0 Å². The molecule has 3 aromatic rings. The molecule has 0 spiro atoms. The lowest BCUT2D eigenvalue weighted by molar-refractivity contribution is 0.287. The predicted octanol–water partition coefficient (Wildman–Crippen LogP) is 3.67. The zero-order chi connectivity index (χ0) is 17.8. The fourth-order valence-electron chi connectivity index (χ4n) is 2.38. The highest BCUT2D eigenvalue weighted by Crippen LogP contribution is 2.32. The second-order valence-corrected chi connectivity index (χ2v) is 5.98. The second kappa shape index (κ2) is 7.71. The highest BCUT2D eigenvalue weighted by atomic mass is 79.9. The molecule has 1 atom stereocenters. The first-order valence-corrected chi connectivity index (χ1v) is 8.74. The van der Waals surface area contributed by atoms with Crippen LogP contribution in [-0.2, 0) is 0 Å². The third-order valence-electron chi connectivity index (χ3n) is 3.52. The Morgan fingerprint density at radius 3 is 2.60 bits per heavy atom. The number of nitrogens with one attached hydrogen (secondary N) is 1. The Kier molecular flexibility index (Phi) is 5.40. The van der Waals surface area contributed by atoms with Crippen LogP contribution in [0, 0.1) is 0 Å². The van der Waals surface area contributed by atoms with Crippen LogP contribution >= 0.6 is 15.9 Å². The number of aromatic nitrogens is 3. The van der Waals surface area contributed by atoms with Crippen LogP contribution in [0.5, 0.6) is 11.5 Å². The number of H-pyrrole nitrogens is 1. The Hall–Kier alpha value is -2.32. The molecule has 3 N–H and O–H groups in total. The van der Waals surface area contributed by atoms with Crippen molar-refractivity contribution in [1.82, 2.24) is 15.2 Å². The predicted molar refractivity (Wildman–Crippen MR) is 96.6 cm³/mol. The van der Waals surface area contributed by atoms with E-state index in [1.54, 1.807) is 12.1 Å². The van der Waals surface area contributed by atoms with Gasteiger partial charge in [0.15, 0.2) is 21.9 Å². The van der Waals surface area contributed by atoms with E-state index >= 15 is 0 Å². The first kappa shape index (κ1) is 17.5. The van der Waals surface area contributed by atoms with Crippen LogP contribution in [0.2, 0.25) is 0 Å². The van der Waals surface area contributed by atoms with Crippen molar-refractivity contribution < 1.29 is 13.9 Å². The van der Waals surface area contributed by atoms with Crippen molar-refractivity contribution in [3.8, 4) is 23.1 Å². The molecule has 0 bridgehead atoms. The summed E-state index contributed by atoms with van der Waals surface area (Å²) < 4.78 is 17.3. The van der Waals surface area contributed by atoms with E-state index in [4.69, 9.17) is 19.6 Å². The number of aromatic amines is 1. The fraction of sp³-hybridized carbons (Fsp3) is 0.294. The first-order chi connectivity index (χ1) is 12.1. The molecule has 0 amide bonds. The summed E-state index contributed by atoms with van der Waals surface area (Å²) >= 11 is 3.26. The minimum absolute atomic E-state index is 0.451. The molecular weight excluding hydrogens is 388 g/mol. The van der Waals surface area contributed by atoms with E-state index in [0.29, 0.717) is 46.8 Å². The van der Waals surface area contributed by atoms with Gasteiger partial charge in [0, 0.05) is 0 Å². The quantitative estimate of drug-likeness (QED) is 0.620. The van der Waals surface area contributed by atoms with Crippen molar-refractivity contribution in [3.63, 3.8) is 0 Å². The van der Waals surface area contributed by atoms with Crippen LogP contribution in [0.15, 0.2) is 39.4 Å². The van der Waals surface area contributed by atoms with E-state index in [-0.39, 0.29) is 0 Å². The number of furan rings is 1. The fourth-order valence-corrected chi connectivity index (χ4v) is 2.68. The molecule has 1 aromatic carbocycles. The third-order valence-corrected chi connectivity index (χ3v) is 3.94. The maximum atomic E-state index is 6.33. The van der Waals surface area contributed by atoms with Gasteiger partial charge >= 0.3 is 0 Å². The van der Waals surface area contributed by atoms with Gasteiger partial charge < -0.3 is 19.6 Å². The first-order valence-electron chi connectivity index (χ1n) is 7.95. The molecule has 0 saturated heterocycles. The maximum Gasteiger partial charge on any atom is 0.217 e. The van der Waals surface area contributed by atoms with Crippen molar-refractivity contribution in [2.24, 2.45) is 5.73 Å². The van der Waals surface area contributed by atoms with Crippen molar-refractivity contribution in [2.75, 3.05) is 13.2 Å². The van der Waals surface area contributed by atoms with E-state index in [9.17, 15) is 0 Å². The van der Waals surface area contributed by atoms with Gasteiger partial charge in [0.1, 0.15) is 5.82 Å². The molecule has 0 saturated carbocycles. The van der Waals surface area contributed by atoms with Gasteiger partial charge in [-0.2, -0.15) is 0 Å². The highest BCUT2D eigenvalue weighted by Gasteiger charge is 2.18. The Morgan fingerprint density at radius 2 is 1.92 bits per heavy atom. The van der Waals surface area contributed by atoms with E-state index in [1.807, 2.05) is 32.0 Å². The van der Waals surface area contributed by atoms with Gasteiger partial charge in [0.2, 0.25) is 5.82 Å². The molecule has 0 radical (unpaired) electrons. The van der Waals surface area contributed by atoms with Crippen LogP contribution in [0.1, 0.15) is 31.3 Å². The topological polar surface area (TPSA) is 99.2 Å². The number of hydrogen-bond donors (Lipinski definition) is 2. The van der Waals surface area contributed by atoms with E-state index < -0.39 is 6.04 Å². The van der Waals surface area contributed by atoms with Crippen LogP contribution in [0.3, 0.4) is 0 Å². The Bertz CT molecular complexity index is 846. The third kappa shape index (κ3) is 3.85. The smallest absolute Gasteiger partial charge is 0.217 e. The average Bonchev–Trinajstić information content (AvgIpc) is 3.25. The van der Waals surface area contributed by atoms with Gasteiger partial charge in [0.05, 0.1) is 19.3 Å². The maximum absolute atomic E-state index is 6.33. The van der Waals surface area contributed by atoms with E-state index in [1.165, 1.54) is 0 Å². The summed E-state index contributed by atoms with van der Waals surface area (Å²) in [5.41, 5.74) is 7.17. The van der Waals surface area contributed by atoms with E-state index in [0.717, 1.165) is 5.56 Å². The van der Waals surface area contributed by atoms with Crippen LogP contribution in [-0.4, -0.2) is 28.4 Å². The van der Waals surface area contributed by atoms with Gasteiger partial charge in [-0.15, -0.1) is 5.10 Å². The Labute approximate surface area is 153 Å². The van der Waals surface area contributed by atoms with Gasteiger partial charge in [-0.1, -0.05) is 6.07 Å². The molecule has 0 unspecified atom stereocenters. The van der Waals surface area contributed by atoms with Crippen molar-refractivity contribution in [3.05, 3.63) is 46.4 Å². The lowest BCUT2D eigenvalue weighted by Crippen LogP contribution is -2.14. The van der Waals surface area contributed by atoms with Gasteiger partial charge in [-0.3, -0.25) is 5.10 Å². The normalized spacial score (nSPS) is 12.2. The van der Waals surface area contributed by atoms with Crippen molar-refractivity contribution >= 4 is 15.9 Å². The number of benzene rings is 1. The summed E-state index contributed by atoms with van der Waals surface area (Å²) in [6.07, 6.45) is 0. The molecule has 0 aliphatic carbocycles. The zero-order valence-corrected chi connectivity index (χ0v) is 15.5. The molecule has 8 heteroatoms. The number of rotatable bonds is 7. The summed E-state index contributed by atoms with van der Waals surface area (Å²) in [5.74, 6) is 2.90. The number of hydrogen-bond acceptors (Lipinski definition) is 6. The minimum Gasteiger partial charge on any atom is -0.490 e. The summed E-state index contributed by atoms with van der Waals surface area (Å²) in [6, 6.07) is 8.70. The molecule has 2 heterocycles. The molecule has 25 heavy (non-hydrogen) atoms. The number of halogens is 1. The molecule has 3 rings (SSSR count). The standard InChI is InChI=1S/C17H19BrN4O3/c1-3-23-11-6-5-10(9-13(11)24-4-2)15(19)17-20-16(21-22-17)12-7-8-14(18)25-12/h5-9,15H,3-4,19H2,1-2H3,(H,20,21,22)/t15-/m1/s1. The van der Waals surface area contributed by atoms with Gasteiger partial charge in [0.25, 0.3) is 0 Å². The SMILES string of the molecule is CCOc1ccc([C@@H](N)c2nc(-c3ccc(Br)o3)n[nH]2)cc1OCC. The van der Waals surface area contributed by atoms with E-state index in [2.05, 4.69) is 31.1 Å². The molecule has 2 aromatic heterocycles. The monoisotopic (exact) mass is 406 g/mol. The lowest BCUT2D eigenvalue weighted by Gasteiger charge is -2.14. The summed E-state index contributed by atoms with van der Waals surface area (Å²) in [4.78, 5) is 4.43. The Morgan fingerprint density at radius 1 is 1.16 bits per heavy atom. The van der Waals surface area contributed by atoms with Gasteiger partial charge in [-0.25, -0.2) is 4.98 Å². The van der Waals surface area contributed by atoms with Crippen LogP contribution < -0.4 is 15.2 Å². The van der Waals surface area contributed by atoms with Crippen molar-refractivity contribution in [2.45, 2.75) is 19.9 Å². The number of nitrogens with zero attached hydrogens (tertiary/aromatic N) is 2.